The van der Waals surface area contributed by atoms with E-state index in [-0.39, 0.29) is 6.04 Å². The Morgan fingerprint density at radius 3 is 2.62 bits per heavy atom. The van der Waals surface area contributed by atoms with Gasteiger partial charge in [0.15, 0.2) is 0 Å². The van der Waals surface area contributed by atoms with Gasteiger partial charge in [0.1, 0.15) is 11.2 Å². The zero-order valence-electron chi connectivity index (χ0n) is 12.6. The summed E-state index contributed by atoms with van der Waals surface area (Å²) in [6.45, 7) is 2.23. The summed E-state index contributed by atoms with van der Waals surface area (Å²) in [6.07, 6.45) is 6.11. The molecule has 1 heterocycles. The van der Waals surface area contributed by atoms with Gasteiger partial charge >= 0.3 is 0 Å². The van der Waals surface area contributed by atoms with Crippen molar-refractivity contribution in [3.05, 3.63) is 48.0 Å². The van der Waals surface area contributed by atoms with Crippen molar-refractivity contribution in [2.45, 2.75) is 45.1 Å². The maximum atomic E-state index is 6.35. The van der Waals surface area contributed by atoms with Gasteiger partial charge in [0, 0.05) is 16.8 Å². The molecule has 2 nitrogen and oxygen atoms in total. The molecule has 2 heteroatoms. The third-order valence-electron chi connectivity index (χ3n) is 4.20. The van der Waals surface area contributed by atoms with Gasteiger partial charge in [-0.1, -0.05) is 56.9 Å². The summed E-state index contributed by atoms with van der Waals surface area (Å²) in [5.41, 5.74) is 9.45. The highest BCUT2D eigenvalue weighted by Gasteiger charge is 2.10. The fourth-order valence-electron chi connectivity index (χ4n) is 2.93. The molecule has 0 aliphatic carbocycles. The molecule has 0 spiro atoms. The monoisotopic (exact) mass is 281 g/mol. The van der Waals surface area contributed by atoms with E-state index in [1.807, 2.05) is 12.1 Å². The average molecular weight is 281 g/mol. The van der Waals surface area contributed by atoms with Gasteiger partial charge in [0.25, 0.3) is 0 Å². The van der Waals surface area contributed by atoms with Crippen LogP contribution in [0.5, 0.6) is 0 Å². The van der Waals surface area contributed by atoms with Gasteiger partial charge in [0.05, 0.1) is 0 Å². The summed E-state index contributed by atoms with van der Waals surface area (Å²) in [4.78, 5) is 0. The van der Waals surface area contributed by atoms with Crippen LogP contribution in [0.1, 0.15) is 50.6 Å². The van der Waals surface area contributed by atoms with Crippen LogP contribution in [0.2, 0.25) is 0 Å². The van der Waals surface area contributed by atoms with E-state index in [0.29, 0.717) is 0 Å². The number of nitrogens with two attached hydrogens (primary N) is 1. The van der Waals surface area contributed by atoms with Crippen LogP contribution >= 0.6 is 0 Å². The molecule has 0 saturated carbocycles. The van der Waals surface area contributed by atoms with Crippen molar-refractivity contribution in [1.82, 2.24) is 0 Å². The lowest BCUT2D eigenvalue weighted by Crippen LogP contribution is -2.09. The molecule has 0 radical (unpaired) electrons. The standard InChI is InChI=1S/C19H23NO/c1-2-3-4-5-9-17(20)14-11-12-19-16(13-14)15-8-6-7-10-18(15)21-19/h6-8,10-13,17H,2-5,9,20H2,1H3. The predicted molar refractivity (Wildman–Crippen MR) is 89.4 cm³/mol. The molecule has 110 valence electrons. The fourth-order valence-corrected chi connectivity index (χ4v) is 2.93. The summed E-state index contributed by atoms with van der Waals surface area (Å²) in [5, 5.41) is 2.35. The molecule has 0 bridgehead atoms. The molecule has 1 atom stereocenters. The highest BCUT2D eigenvalue weighted by molar-refractivity contribution is 6.04. The molecule has 2 aromatic carbocycles. The van der Waals surface area contributed by atoms with Gasteiger partial charge in [-0.3, -0.25) is 0 Å². The SMILES string of the molecule is CCCCCCC(N)c1ccc2oc3ccccc3c2c1. The topological polar surface area (TPSA) is 39.2 Å². The molecular formula is C19H23NO. The minimum atomic E-state index is 0.125. The number of hydrogen-bond donors (Lipinski definition) is 1. The van der Waals surface area contributed by atoms with Crippen molar-refractivity contribution in [3.8, 4) is 0 Å². The highest BCUT2D eigenvalue weighted by atomic mass is 16.3. The Bertz CT molecular complexity index is 729. The van der Waals surface area contributed by atoms with Crippen molar-refractivity contribution in [2.24, 2.45) is 5.73 Å². The summed E-state index contributed by atoms with van der Waals surface area (Å²) >= 11 is 0. The van der Waals surface area contributed by atoms with Crippen LogP contribution in [-0.4, -0.2) is 0 Å². The molecule has 0 fully saturated rings. The van der Waals surface area contributed by atoms with Crippen LogP contribution in [0.4, 0.5) is 0 Å². The number of unbranched alkanes of at least 4 members (excludes halogenated alkanes) is 3. The van der Waals surface area contributed by atoms with Crippen molar-refractivity contribution < 1.29 is 4.42 Å². The number of furan rings is 1. The van der Waals surface area contributed by atoms with E-state index in [9.17, 15) is 0 Å². The third kappa shape index (κ3) is 2.96. The molecule has 21 heavy (non-hydrogen) atoms. The molecule has 0 amide bonds. The Morgan fingerprint density at radius 1 is 0.952 bits per heavy atom. The Kier molecular flexibility index (Phi) is 4.26. The second-order valence-corrected chi connectivity index (χ2v) is 5.81. The quantitative estimate of drug-likeness (QED) is 0.601. The van der Waals surface area contributed by atoms with Crippen molar-refractivity contribution in [3.63, 3.8) is 0 Å². The van der Waals surface area contributed by atoms with Crippen LogP contribution < -0.4 is 5.73 Å². The second kappa shape index (κ2) is 6.31. The Hall–Kier alpha value is -1.80. The van der Waals surface area contributed by atoms with E-state index >= 15 is 0 Å². The molecule has 2 N–H and O–H groups in total. The molecule has 0 saturated heterocycles. The molecule has 1 unspecified atom stereocenters. The molecule has 1 aromatic heterocycles. The normalized spacial score (nSPS) is 13.0. The first-order chi connectivity index (χ1) is 10.3. The molecular weight excluding hydrogens is 258 g/mol. The predicted octanol–water partition coefficient (Wildman–Crippen LogP) is 5.56. The maximum absolute atomic E-state index is 6.35. The van der Waals surface area contributed by atoms with Crippen molar-refractivity contribution in [1.29, 1.82) is 0 Å². The minimum absolute atomic E-state index is 0.125. The molecule has 3 rings (SSSR count). The molecule has 0 aliphatic heterocycles. The minimum Gasteiger partial charge on any atom is -0.456 e. The Morgan fingerprint density at radius 2 is 1.76 bits per heavy atom. The zero-order chi connectivity index (χ0) is 14.7. The highest BCUT2D eigenvalue weighted by Crippen LogP contribution is 2.31. The fraction of sp³-hybridized carbons (Fsp3) is 0.368. The lowest BCUT2D eigenvalue weighted by atomic mass is 9.99. The molecule has 0 aliphatic rings. The maximum Gasteiger partial charge on any atom is 0.135 e. The van der Waals surface area contributed by atoms with Gasteiger partial charge in [0.2, 0.25) is 0 Å². The smallest absolute Gasteiger partial charge is 0.135 e. The zero-order valence-corrected chi connectivity index (χ0v) is 12.6. The van der Waals surface area contributed by atoms with Gasteiger partial charge in [-0.15, -0.1) is 0 Å². The van der Waals surface area contributed by atoms with Crippen LogP contribution in [-0.2, 0) is 0 Å². The first-order valence-corrected chi connectivity index (χ1v) is 7.96. The lowest BCUT2D eigenvalue weighted by Gasteiger charge is -2.11. The summed E-state index contributed by atoms with van der Waals surface area (Å²) < 4.78 is 5.86. The van der Waals surface area contributed by atoms with E-state index in [2.05, 4.69) is 37.3 Å². The summed E-state index contributed by atoms with van der Waals surface area (Å²) in [6, 6.07) is 14.7. The van der Waals surface area contributed by atoms with E-state index in [0.717, 1.165) is 17.6 Å². The van der Waals surface area contributed by atoms with E-state index in [4.69, 9.17) is 10.2 Å². The summed E-state index contributed by atoms with van der Waals surface area (Å²) in [7, 11) is 0. The lowest BCUT2D eigenvalue weighted by molar-refractivity contribution is 0.566. The average Bonchev–Trinajstić information content (AvgIpc) is 2.89. The van der Waals surface area contributed by atoms with Crippen LogP contribution in [0.15, 0.2) is 46.9 Å². The number of fused-ring (bicyclic) bond motifs is 3. The second-order valence-electron chi connectivity index (χ2n) is 5.81. The number of rotatable bonds is 6. The van der Waals surface area contributed by atoms with Crippen LogP contribution in [0, 0.1) is 0 Å². The van der Waals surface area contributed by atoms with E-state index < -0.39 is 0 Å². The van der Waals surface area contributed by atoms with Gasteiger partial charge in [-0.05, 0) is 30.2 Å². The number of benzene rings is 2. The first-order valence-electron chi connectivity index (χ1n) is 7.96. The first kappa shape index (κ1) is 14.2. The molecule has 3 aromatic rings. The van der Waals surface area contributed by atoms with Crippen molar-refractivity contribution >= 4 is 21.9 Å². The van der Waals surface area contributed by atoms with Gasteiger partial charge < -0.3 is 10.2 Å². The van der Waals surface area contributed by atoms with Crippen LogP contribution in [0.3, 0.4) is 0 Å². The van der Waals surface area contributed by atoms with Gasteiger partial charge in [-0.2, -0.15) is 0 Å². The number of para-hydroxylation sites is 1. The Balaban J connectivity index is 1.84. The number of hydrogen-bond acceptors (Lipinski definition) is 2. The summed E-state index contributed by atoms with van der Waals surface area (Å²) in [5.74, 6) is 0. The van der Waals surface area contributed by atoms with E-state index in [1.54, 1.807) is 0 Å². The van der Waals surface area contributed by atoms with Gasteiger partial charge in [-0.25, -0.2) is 0 Å². The largest absolute Gasteiger partial charge is 0.456 e. The van der Waals surface area contributed by atoms with E-state index in [1.165, 1.54) is 42.0 Å². The Labute approximate surface area is 125 Å². The third-order valence-corrected chi connectivity index (χ3v) is 4.20. The van der Waals surface area contributed by atoms with Crippen LogP contribution in [0.25, 0.3) is 21.9 Å². The van der Waals surface area contributed by atoms with Crippen molar-refractivity contribution in [2.75, 3.05) is 0 Å².